The van der Waals surface area contributed by atoms with E-state index in [1.54, 1.807) is 18.2 Å². The molecule has 2 rings (SSSR count). The van der Waals surface area contributed by atoms with E-state index in [0.717, 1.165) is 12.1 Å². The van der Waals surface area contributed by atoms with Crippen molar-refractivity contribution >= 4 is 0 Å². The lowest BCUT2D eigenvalue weighted by Gasteiger charge is -2.03. The Bertz CT molecular complexity index is 453. The van der Waals surface area contributed by atoms with Crippen molar-refractivity contribution < 1.29 is 9.13 Å². The molecule has 0 amide bonds. The molecule has 3 nitrogen and oxygen atoms in total. The van der Waals surface area contributed by atoms with E-state index in [1.165, 1.54) is 12.1 Å². The second kappa shape index (κ2) is 4.70. The number of halogens is 1. The lowest BCUT2D eigenvalue weighted by atomic mass is 10.3. The van der Waals surface area contributed by atoms with Gasteiger partial charge in [0.05, 0.1) is 5.69 Å². The van der Waals surface area contributed by atoms with Gasteiger partial charge < -0.3 is 4.74 Å². The fraction of sp³-hybridized carbons (Fsp3) is 0.167. The van der Waals surface area contributed by atoms with Crippen molar-refractivity contribution in [2.45, 2.75) is 13.3 Å². The molecule has 1 aromatic carbocycles. The first-order valence-corrected chi connectivity index (χ1v) is 5.04. The molecule has 0 bridgehead atoms. The van der Waals surface area contributed by atoms with E-state index < -0.39 is 0 Å². The lowest BCUT2D eigenvalue weighted by Crippen LogP contribution is -1.93. The van der Waals surface area contributed by atoms with E-state index in [4.69, 9.17) is 4.74 Å². The van der Waals surface area contributed by atoms with Gasteiger partial charge in [-0.2, -0.15) is 5.10 Å². The summed E-state index contributed by atoms with van der Waals surface area (Å²) in [5.41, 5.74) is 0.909. The molecule has 0 aliphatic rings. The number of aryl methyl sites for hydroxylation is 1. The molecule has 1 heterocycles. The van der Waals surface area contributed by atoms with Gasteiger partial charge in [0.25, 0.3) is 0 Å². The zero-order valence-electron chi connectivity index (χ0n) is 8.85. The first-order chi connectivity index (χ1) is 7.78. The third kappa shape index (κ3) is 2.53. The largest absolute Gasteiger partial charge is 0.438 e. The summed E-state index contributed by atoms with van der Waals surface area (Å²) in [7, 11) is 0. The van der Waals surface area contributed by atoms with Crippen LogP contribution in [0.3, 0.4) is 0 Å². The van der Waals surface area contributed by atoms with E-state index in [-0.39, 0.29) is 5.82 Å². The Morgan fingerprint density at radius 1 is 1.06 bits per heavy atom. The Labute approximate surface area is 92.9 Å². The van der Waals surface area contributed by atoms with Crippen molar-refractivity contribution in [2.24, 2.45) is 0 Å². The van der Waals surface area contributed by atoms with Gasteiger partial charge in [-0.25, -0.2) is 4.39 Å². The third-order valence-corrected chi connectivity index (χ3v) is 2.09. The van der Waals surface area contributed by atoms with E-state index in [2.05, 4.69) is 10.2 Å². The van der Waals surface area contributed by atoms with Crippen molar-refractivity contribution in [1.29, 1.82) is 0 Å². The molecule has 0 radical (unpaired) electrons. The summed E-state index contributed by atoms with van der Waals surface area (Å²) in [6.45, 7) is 2.00. The molecule has 4 heteroatoms. The summed E-state index contributed by atoms with van der Waals surface area (Å²) in [6.07, 6.45) is 0.837. The highest BCUT2D eigenvalue weighted by Gasteiger charge is 1.99. The normalized spacial score (nSPS) is 10.1. The van der Waals surface area contributed by atoms with E-state index in [0.29, 0.717) is 11.6 Å². The maximum atomic E-state index is 12.6. The monoisotopic (exact) mass is 218 g/mol. The Balaban J connectivity index is 2.11. The summed E-state index contributed by atoms with van der Waals surface area (Å²) in [4.78, 5) is 0. The van der Waals surface area contributed by atoms with E-state index in [1.807, 2.05) is 13.0 Å². The summed E-state index contributed by atoms with van der Waals surface area (Å²) >= 11 is 0. The van der Waals surface area contributed by atoms with Gasteiger partial charge in [-0.1, -0.05) is 6.92 Å². The molecule has 0 fully saturated rings. The second-order valence-electron chi connectivity index (χ2n) is 3.27. The molecule has 2 aromatic rings. The Morgan fingerprint density at radius 3 is 2.38 bits per heavy atom. The maximum absolute atomic E-state index is 12.6. The van der Waals surface area contributed by atoms with E-state index in [9.17, 15) is 4.39 Å². The van der Waals surface area contributed by atoms with Crippen molar-refractivity contribution in [1.82, 2.24) is 10.2 Å². The number of benzene rings is 1. The van der Waals surface area contributed by atoms with Crippen LogP contribution in [0, 0.1) is 5.82 Å². The van der Waals surface area contributed by atoms with Crippen LogP contribution < -0.4 is 4.74 Å². The number of hydrogen-bond donors (Lipinski definition) is 0. The summed E-state index contributed by atoms with van der Waals surface area (Å²) in [6, 6.07) is 9.36. The first-order valence-electron chi connectivity index (χ1n) is 5.04. The highest BCUT2D eigenvalue weighted by molar-refractivity contribution is 5.26. The molecule has 0 spiro atoms. The van der Waals surface area contributed by atoms with E-state index >= 15 is 0 Å². The predicted octanol–water partition coefficient (Wildman–Crippen LogP) is 2.97. The van der Waals surface area contributed by atoms with Crippen LogP contribution in [0.1, 0.15) is 12.6 Å². The topological polar surface area (TPSA) is 35.0 Å². The minimum absolute atomic E-state index is 0.292. The molecular formula is C12H11FN2O. The second-order valence-corrected chi connectivity index (χ2v) is 3.27. The van der Waals surface area contributed by atoms with Crippen molar-refractivity contribution in [3.05, 3.63) is 47.9 Å². The number of rotatable bonds is 3. The van der Waals surface area contributed by atoms with Gasteiger partial charge >= 0.3 is 0 Å². The lowest BCUT2D eigenvalue weighted by molar-refractivity contribution is 0.452. The first kappa shape index (κ1) is 10.5. The van der Waals surface area contributed by atoms with Gasteiger partial charge in [0.1, 0.15) is 11.6 Å². The SMILES string of the molecule is CCc1ccc(Oc2ccc(F)cc2)nn1. The molecular weight excluding hydrogens is 207 g/mol. The minimum Gasteiger partial charge on any atom is -0.438 e. The molecule has 82 valence electrons. The quantitative estimate of drug-likeness (QED) is 0.794. The Kier molecular flexibility index (Phi) is 3.10. The van der Waals surface area contributed by atoms with Crippen LogP contribution in [0.15, 0.2) is 36.4 Å². The number of ether oxygens (including phenoxy) is 1. The molecule has 0 aliphatic carbocycles. The number of hydrogen-bond acceptors (Lipinski definition) is 3. The summed E-state index contributed by atoms with van der Waals surface area (Å²) in [5, 5.41) is 7.86. The van der Waals surface area contributed by atoms with Gasteiger partial charge in [-0.3, -0.25) is 0 Å². The van der Waals surface area contributed by atoms with Crippen LogP contribution in [0.5, 0.6) is 11.6 Å². The van der Waals surface area contributed by atoms with Gasteiger partial charge in [0.2, 0.25) is 5.88 Å². The third-order valence-electron chi connectivity index (χ3n) is 2.09. The minimum atomic E-state index is -0.292. The molecule has 0 saturated heterocycles. The smallest absolute Gasteiger partial charge is 0.238 e. The average molecular weight is 218 g/mol. The van der Waals surface area contributed by atoms with Crippen LogP contribution in [0.4, 0.5) is 4.39 Å². The zero-order chi connectivity index (χ0) is 11.4. The Hall–Kier alpha value is -1.97. The molecule has 16 heavy (non-hydrogen) atoms. The van der Waals surface area contributed by atoms with Gasteiger partial charge in [-0.05, 0) is 36.8 Å². The fourth-order valence-corrected chi connectivity index (χ4v) is 1.21. The number of aromatic nitrogens is 2. The summed E-state index contributed by atoms with van der Waals surface area (Å²) < 4.78 is 18.0. The van der Waals surface area contributed by atoms with Crippen LogP contribution in [-0.4, -0.2) is 10.2 Å². The highest BCUT2D eigenvalue weighted by atomic mass is 19.1. The Morgan fingerprint density at radius 2 is 1.81 bits per heavy atom. The van der Waals surface area contributed by atoms with Crippen LogP contribution >= 0.6 is 0 Å². The average Bonchev–Trinajstić information content (AvgIpc) is 2.33. The van der Waals surface area contributed by atoms with Crippen molar-refractivity contribution in [2.75, 3.05) is 0 Å². The van der Waals surface area contributed by atoms with Crippen LogP contribution in [0.25, 0.3) is 0 Å². The molecule has 1 aromatic heterocycles. The zero-order valence-corrected chi connectivity index (χ0v) is 8.85. The standard InChI is InChI=1S/C12H11FN2O/c1-2-10-5-8-12(15-14-10)16-11-6-3-9(13)4-7-11/h3-8H,2H2,1H3. The van der Waals surface area contributed by atoms with Gasteiger partial charge in [0, 0.05) is 6.07 Å². The van der Waals surface area contributed by atoms with Gasteiger partial charge in [0.15, 0.2) is 0 Å². The van der Waals surface area contributed by atoms with Crippen LogP contribution in [0.2, 0.25) is 0 Å². The van der Waals surface area contributed by atoms with Crippen molar-refractivity contribution in [3.63, 3.8) is 0 Å². The summed E-state index contributed by atoms with van der Waals surface area (Å²) in [5.74, 6) is 0.656. The molecule has 0 atom stereocenters. The fourth-order valence-electron chi connectivity index (χ4n) is 1.21. The number of nitrogens with zero attached hydrogens (tertiary/aromatic N) is 2. The molecule has 0 unspecified atom stereocenters. The van der Waals surface area contributed by atoms with Crippen LogP contribution in [-0.2, 0) is 6.42 Å². The molecule has 0 N–H and O–H groups in total. The van der Waals surface area contributed by atoms with Gasteiger partial charge in [-0.15, -0.1) is 5.10 Å². The predicted molar refractivity (Wildman–Crippen MR) is 57.9 cm³/mol. The maximum Gasteiger partial charge on any atom is 0.238 e. The molecule has 0 saturated carbocycles. The van der Waals surface area contributed by atoms with Crippen molar-refractivity contribution in [3.8, 4) is 11.6 Å². The molecule has 0 aliphatic heterocycles. The highest BCUT2D eigenvalue weighted by Crippen LogP contribution is 2.18.